The highest BCUT2D eigenvalue weighted by Crippen LogP contribution is 2.26. The summed E-state index contributed by atoms with van der Waals surface area (Å²) in [6.45, 7) is 2.21. The third kappa shape index (κ3) is 2.61. The van der Waals surface area contributed by atoms with Crippen LogP contribution < -0.4 is 5.32 Å². The molecule has 1 fully saturated rings. The van der Waals surface area contributed by atoms with Crippen molar-refractivity contribution in [3.8, 4) is 0 Å². The molecule has 0 radical (unpaired) electrons. The molecule has 2 rings (SSSR count). The summed E-state index contributed by atoms with van der Waals surface area (Å²) in [5.41, 5.74) is 0. The van der Waals surface area contributed by atoms with Crippen LogP contribution in [0.4, 0.5) is 0 Å². The van der Waals surface area contributed by atoms with Crippen LogP contribution in [-0.2, 0) is 0 Å². The van der Waals surface area contributed by atoms with Crippen LogP contribution in [0.1, 0.15) is 35.9 Å². The SMILES string of the molecule is CC1CCCC1NC(=O)c1ccc(Br)s1. The predicted octanol–water partition coefficient (Wildman–Crippen LogP) is 3.43. The number of halogens is 1. The molecule has 82 valence electrons. The Labute approximate surface area is 102 Å². The lowest BCUT2D eigenvalue weighted by atomic mass is 10.1. The Kier molecular flexibility index (Phi) is 3.46. The van der Waals surface area contributed by atoms with Crippen molar-refractivity contribution in [1.82, 2.24) is 5.32 Å². The van der Waals surface area contributed by atoms with E-state index in [9.17, 15) is 4.79 Å². The van der Waals surface area contributed by atoms with Gasteiger partial charge in [-0.1, -0.05) is 13.3 Å². The van der Waals surface area contributed by atoms with Gasteiger partial charge in [-0.05, 0) is 46.8 Å². The largest absolute Gasteiger partial charge is 0.348 e. The van der Waals surface area contributed by atoms with E-state index in [2.05, 4.69) is 28.2 Å². The number of thiophene rings is 1. The van der Waals surface area contributed by atoms with Gasteiger partial charge in [0.25, 0.3) is 5.91 Å². The molecule has 1 aromatic heterocycles. The van der Waals surface area contributed by atoms with Gasteiger partial charge in [-0.2, -0.15) is 0 Å². The fourth-order valence-corrected chi connectivity index (χ4v) is 3.32. The smallest absolute Gasteiger partial charge is 0.261 e. The van der Waals surface area contributed by atoms with Gasteiger partial charge in [0.1, 0.15) is 0 Å². The van der Waals surface area contributed by atoms with Crippen molar-refractivity contribution in [3.63, 3.8) is 0 Å². The van der Waals surface area contributed by atoms with Crippen molar-refractivity contribution in [2.24, 2.45) is 5.92 Å². The van der Waals surface area contributed by atoms with Gasteiger partial charge in [0, 0.05) is 6.04 Å². The van der Waals surface area contributed by atoms with Gasteiger partial charge >= 0.3 is 0 Å². The molecule has 1 aromatic rings. The molecule has 1 aliphatic carbocycles. The van der Waals surface area contributed by atoms with E-state index in [0.29, 0.717) is 12.0 Å². The molecule has 4 heteroatoms. The van der Waals surface area contributed by atoms with E-state index in [1.807, 2.05) is 12.1 Å². The number of carbonyl (C=O) groups is 1. The summed E-state index contributed by atoms with van der Waals surface area (Å²) in [7, 11) is 0. The standard InChI is InChI=1S/C11H14BrNOS/c1-7-3-2-4-8(7)13-11(14)9-5-6-10(12)15-9/h5-8H,2-4H2,1H3,(H,13,14). The van der Waals surface area contributed by atoms with Crippen molar-refractivity contribution in [3.05, 3.63) is 20.8 Å². The van der Waals surface area contributed by atoms with Crippen LogP contribution in [0.25, 0.3) is 0 Å². The fraction of sp³-hybridized carbons (Fsp3) is 0.545. The molecule has 0 bridgehead atoms. The Morgan fingerprint density at radius 1 is 1.53 bits per heavy atom. The molecule has 0 aromatic carbocycles. The van der Waals surface area contributed by atoms with Gasteiger partial charge in [0.2, 0.25) is 0 Å². The second-order valence-electron chi connectivity index (χ2n) is 4.09. The molecular formula is C11H14BrNOS. The van der Waals surface area contributed by atoms with Crippen molar-refractivity contribution >= 4 is 33.2 Å². The van der Waals surface area contributed by atoms with E-state index in [0.717, 1.165) is 15.1 Å². The van der Waals surface area contributed by atoms with Gasteiger partial charge in [-0.15, -0.1) is 11.3 Å². The molecule has 0 saturated heterocycles. The third-order valence-corrected chi connectivity index (χ3v) is 4.60. The fourth-order valence-electron chi connectivity index (χ4n) is 2.04. The maximum atomic E-state index is 11.8. The van der Waals surface area contributed by atoms with Gasteiger partial charge in [0.15, 0.2) is 0 Å². The molecule has 0 aliphatic heterocycles. The number of amides is 1. The van der Waals surface area contributed by atoms with E-state index in [-0.39, 0.29) is 5.91 Å². The van der Waals surface area contributed by atoms with Crippen LogP contribution in [0.3, 0.4) is 0 Å². The van der Waals surface area contributed by atoms with Crippen LogP contribution in [-0.4, -0.2) is 11.9 Å². The summed E-state index contributed by atoms with van der Waals surface area (Å²) < 4.78 is 1.01. The summed E-state index contributed by atoms with van der Waals surface area (Å²) in [4.78, 5) is 12.6. The zero-order chi connectivity index (χ0) is 10.8. The van der Waals surface area contributed by atoms with E-state index in [1.165, 1.54) is 24.2 Å². The minimum atomic E-state index is 0.0736. The quantitative estimate of drug-likeness (QED) is 0.887. The Morgan fingerprint density at radius 2 is 2.33 bits per heavy atom. The number of hydrogen-bond acceptors (Lipinski definition) is 2. The second-order valence-corrected chi connectivity index (χ2v) is 6.55. The Hall–Kier alpha value is -0.350. The highest BCUT2D eigenvalue weighted by atomic mass is 79.9. The molecule has 1 amide bonds. The molecule has 1 aliphatic rings. The van der Waals surface area contributed by atoms with Gasteiger partial charge in [-0.25, -0.2) is 0 Å². The first kappa shape index (κ1) is 11.1. The Balaban J connectivity index is 1.97. The molecule has 2 nitrogen and oxygen atoms in total. The van der Waals surface area contributed by atoms with Crippen molar-refractivity contribution < 1.29 is 4.79 Å². The lowest BCUT2D eigenvalue weighted by molar-refractivity contribution is 0.0934. The molecule has 1 saturated carbocycles. The van der Waals surface area contributed by atoms with Crippen LogP contribution >= 0.6 is 27.3 Å². The summed E-state index contributed by atoms with van der Waals surface area (Å²) in [5.74, 6) is 0.696. The summed E-state index contributed by atoms with van der Waals surface area (Å²) >= 11 is 4.85. The number of nitrogens with one attached hydrogen (secondary N) is 1. The topological polar surface area (TPSA) is 29.1 Å². The van der Waals surface area contributed by atoms with Crippen LogP contribution in [0.15, 0.2) is 15.9 Å². The molecule has 2 atom stereocenters. The van der Waals surface area contributed by atoms with Crippen LogP contribution in [0.5, 0.6) is 0 Å². The highest BCUT2D eigenvalue weighted by Gasteiger charge is 2.25. The first-order chi connectivity index (χ1) is 7.16. The molecular weight excluding hydrogens is 274 g/mol. The zero-order valence-corrected chi connectivity index (χ0v) is 11.0. The number of rotatable bonds is 2. The summed E-state index contributed by atoms with van der Waals surface area (Å²) in [6, 6.07) is 4.15. The normalized spacial score (nSPS) is 25.5. The van der Waals surface area contributed by atoms with Crippen molar-refractivity contribution in [1.29, 1.82) is 0 Å². The Bertz CT molecular complexity index is 363. The van der Waals surface area contributed by atoms with Gasteiger partial charge < -0.3 is 5.32 Å². The monoisotopic (exact) mass is 287 g/mol. The highest BCUT2D eigenvalue weighted by molar-refractivity contribution is 9.11. The van der Waals surface area contributed by atoms with E-state index >= 15 is 0 Å². The molecule has 15 heavy (non-hydrogen) atoms. The first-order valence-corrected chi connectivity index (χ1v) is 6.84. The Morgan fingerprint density at radius 3 is 2.87 bits per heavy atom. The lowest BCUT2D eigenvalue weighted by Crippen LogP contribution is -2.35. The zero-order valence-electron chi connectivity index (χ0n) is 8.63. The van der Waals surface area contributed by atoms with Gasteiger partial charge in [-0.3, -0.25) is 4.79 Å². The third-order valence-electron chi connectivity index (χ3n) is 2.97. The lowest BCUT2D eigenvalue weighted by Gasteiger charge is -2.16. The first-order valence-electron chi connectivity index (χ1n) is 5.23. The maximum absolute atomic E-state index is 11.8. The minimum Gasteiger partial charge on any atom is -0.348 e. The molecule has 2 unspecified atom stereocenters. The minimum absolute atomic E-state index is 0.0736. The van der Waals surface area contributed by atoms with E-state index < -0.39 is 0 Å². The van der Waals surface area contributed by atoms with Crippen LogP contribution in [0, 0.1) is 5.92 Å². The molecule has 1 N–H and O–H groups in total. The number of carbonyl (C=O) groups excluding carboxylic acids is 1. The number of hydrogen-bond donors (Lipinski definition) is 1. The molecule has 1 heterocycles. The summed E-state index contributed by atoms with van der Waals surface area (Å²) in [5, 5.41) is 3.11. The van der Waals surface area contributed by atoms with Crippen molar-refractivity contribution in [2.75, 3.05) is 0 Å². The maximum Gasteiger partial charge on any atom is 0.261 e. The average Bonchev–Trinajstić information content (AvgIpc) is 2.77. The predicted molar refractivity (Wildman–Crippen MR) is 66.3 cm³/mol. The van der Waals surface area contributed by atoms with Gasteiger partial charge in [0.05, 0.1) is 8.66 Å². The summed E-state index contributed by atoms with van der Waals surface area (Å²) in [6.07, 6.45) is 3.60. The average molecular weight is 288 g/mol. The second kappa shape index (κ2) is 4.66. The van der Waals surface area contributed by atoms with Crippen molar-refractivity contribution in [2.45, 2.75) is 32.2 Å². The van der Waals surface area contributed by atoms with E-state index in [1.54, 1.807) is 0 Å². The molecule has 0 spiro atoms. The van der Waals surface area contributed by atoms with E-state index in [4.69, 9.17) is 0 Å². The van der Waals surface area contributed by atoms with Crippen LogP contribution in [0.2, 0.25) is 0 Å².